The topological polar surface area (TPSA) is 40.5 Å². The highest BCUT2D eigenvalue weighted by atomic mass is 79.9. The number of halogens is 1. The first-order valence-corrected chi connectivity index (χ1v) is 7.52. The predicted octanol–water partition coefficient (Wildman–Crippen LogP) is 4.30. The van der Waals surface area contributed by atoms with Crippen LogP contribution in [0, 0.1) is 6.92 Å². The Morgan fingerprint density at radius 3 is 2.57 bits per heavy atom. The van der Waals surface area contributed by atoms with Crippen molar-refractivity contribution in [1.82, 2.24) is 4.90 Å². The van der Waals surface area contributed by atoms with Gasteiger partial charge in [0.05, 0.1) is 6.04 Å². The molecule has 2 aromatic carbocycles. The number of phenols is 1. The summed E-state index contributed by atoms with van der Waals surface area (Å²) in [6.07, 6.45) is 0. The number of hydrogen-bond acceptors (Lipinski definition) is 2. The molecule has 0 heterocycles. The Morgan fingerprint density at radius 1 is 1.24 bits per heavy atom. The molecule has 2 rings (SSSR count). The molecule has 0 aliphatic heterocycles. The number of hydrogen-bond donors (Lipinski definition) is 1. The summed E-state index contributed by atoms with van der Waals surface area (Å²) in [5, 5.41) is 9.94. The van der Waals surface area contributed by atoms with Crippen LogP contribution in [0.25, 0.3) is 0 Å². The summed E-state index contributed by atoms with van der Waals surface area (Å²) in [6.45, 7) is 3.82. The smallest absolute Gasteiger partial charge is 0.254 e. The zero-order valence-electron chi connectivity index (χ0n) is 12.3. The Kier molecular flexibility index (Phi) is 4.68. The van der Waals surface area contributed by atoms with Crippen LogP contribution in [0.1, 0.15) is 34.5 Å². The molecule has 110 valence electrons. The maximum absolute atomic E-state index is 12.7. The lowest BCUT2D eigenvalue weighted by atomic mass is 10.0. The first-order chi connectivity index (χ1) is 9.91. The molecule has 0 aromatic heterocycles. The molecule has 0 aliphatic carbocycles. The molecule has 0 aliphatic rings. The Labute approximate surface area is 133 Å². The predicted molar refractivity (Wildman–Crippen MR) is 87.5 cm³/mol. The van der Waals surface area contributed by atoms with Crippen molar-refractivity contribution in [3.63, 3.8) is 0 Å². The van der Waals surface area contributed by atoms with E-state index >= 15 is 0 Å². The van der Waals surface area contributed by atoms with E-state index in [9.17, 15) is 9.90 Å². The van der Waals surface area contributed by atoms with E-state index in [1.807, 2.05) is 44.2 Å². The van der Waals surface area contributed by atoms with E-state index in [2.05, 4.69) is 15.9 Å². The maximum atomic E-state index is 12.7. The van der Waals surface area contributed by atoms with Crippen molar-refractivity contribution < 1.29 is 9.90 Å². The van der Waals surface area contributed by atoms with Crippen LogP contribution in [0.3, 0.4) is 0 Å². The third-order valence-corrected chi connectivity index (χ3v) is 4.21. The number of benzene rings is 2. The second kappa shape index (κ2) is 6.31. The quantitative estimate of drug-likeness (QED) is 0.899. The average molecular weight is 348 g/mol. The second-order valence-electron chi connectivity index (χ2n) is 5.11. The lowest BCUT2D eigenvalue weighted by molar-refractivity contribution is 0.0740. The summed E-state index contributed by atoms with van der Waals surface area (Å²) in [7, 11) is 1.75. The molecular weight excluding hydrogens is 330 g/mol. The zero-order chi connectivity index (χ0) is 15.6. The lowest BCUT2D eigenvalue weighted by Crippen LogP contribution is -2.30. The molecule has 1 unspecified atom stereocenters. The summed E-state index contributed by atoms with van der Waals surface area (Å²) in [4.78, 5) is 14.3. The van der Waals surface area contributed by atoms with Crippen molar-refractivity contribution in [1.29, 1.82) is 0 Å². The molecule has 0 radical (unpaired) electrons. The van der Waals surface area contributed by atoms with Gasteiger partial charge in [-0.3, -0.25) is 4.79 Å². The number of phenolic OH excluding ortho intramolecular Hbond substituents is 1. The highest BCUT2D eigenvalue weighted by molar-refractivity contribution is 9.10. The highest BCUT2D eigenvalue weighted by Gasteiger charge is 2.22. The third-order valence-electron chi connectivity index (χ3n) is 3.72. The van der Waals surface area contributed by atoms with Crippen LogP contribution in [0.4, 0.5) is 0 Å². The first-order valence-electron chi connectivity index (χ1n) is 6.73. The van der Waals surface area contributed by atoms with Gasteiger partial charge in [-0.25, -0.2) is 0 Å². The molecule has 0 bridgehead atoms. The van der Waals surface area contributed by atoms with Crippen LogP contribution < -0.4 is 0 Å². The van der Waals surface area contributed by atoms with Gasteiger partial charge in [-0.1, -0.05) is 40.2 Å². The van der Waals surface area contributed by atoms with Crippen molar-refractivity contribution in [2.24, 2.45) is 0 Å². The highest BCUT2D eigenvalue weighted by Crippen LogP contribution is 2.29. The van der Waals surface area contributed by atoms with Gasteiger partial charge in [0, 0.05) is 22.6 Å². The average Bonchev–Trinajstić information content (AvgIpc) is 2.48. The standard InChI is InChI=1S/C17H18BrNO2/c1-11-8-9-13(18)10-15(11)17(21)19(3)12(2)14-6-4-5-7-16(14)20/h4-10,12,20H,1-3H3. The van der Waals surface area contributed by atoms with Gasteiger partial charge in [0.2, 0.25) is 0 Å². The molecule has 2 aromatic rings. The lowest BCUT2D eigenvalue weighted by Gasteiger charge is -2.26. The molecule has 3 nitrogen and oxygen atoms in total. The Hall–Kier alpha value is -1.81. The summed E-state index contributed by atoms with van der Waals surface area (Å²) in [5.74, 6) is 0.139. The van der Waals surface area contributed by atoms with E-state index in [0.29, 0.717) is 5.56 Å². The summed E-state index contributed by atoms with van der Waals surface area (Å²) < 4.78 is 0.875. The first kappa shape index (κ1) is 15.6. The minimum atomic E-state index is -0.211. The van der Waals surface area contributed by atoms with Crippen LogP contribution >= 0.6 is 15.9 Å². The molecule has 1 N–H and O–H groups in total. The molecule has 21 heavy (non-hydrogen) atoms. The summed E-state index contributed by atoms with van der Waals surface area (Å²) in [5.41, 5.74) is 2.33. The second-order valence-corrected chi connectivity index (χ2v) is 6.03. The van der Waals surface area contributed by atoms with Gasteiger partial charge >= 0.3 is 0 Å². The van der Waals surface area contributed by atoms with E-state index < -0.39 is 0 Å². The van der Waals surface area contributed by atoms with Crippen LogP contribution in [0.2, 0.25) is 0 Å². The normalized spacial score (nSPS) is 12.0. The van der Waals surface area contributed by atoms with Gasteiger partial charge in [0.1, 0.15) is 5.75 Å². The van der Waals surface area contributed by atoms with Gasteiger partial charge in [-0.05, 0) is 37.6 Å². The largest absolute Gasteiger partial charge is 0.508 e. The van der Waals surface area contributed by atoms with E-state index in [4.69, 9.17) is 0 Å². The molecule has 1 amide bonds. The van der Waals surface area contributed by atoms with Gasteiger partial charge in [-0.15, -0.1) is 0 Å². The fourth-order valence-corrected chi connectivity index (χ4v) is 2.60. The van der Waals surface area contributed by atoms with Crippen molar-refractivity contribution in [2.45, 2.75) is 19.9 Å². The molecule has 0 saturated heterocycles. The third kappa shape index (κ3) is 3.27. The van der Waals surface area contributed by atoms with Gasteiger partial charge in [0.15, 0.2) is 0 Å². The molecular formula is C17H18BrNO2. The monoisotopic (exact) mass is 347 g/mol. The van der Waals surface area contributed by atoms with Gasteiger partial charge < -0.3 is 10.0 Å². The number of aromatic hydroxyl groups is 1. The SMILES string of the molecule is Cc1ccc(Br)cc1C(=O)N(C)C(C)c1ccccc1O. The Morgan fingerprint density at radius 2 is 1.90 bits per heavy atom. The van der Waals surface area contributed by atoms with Crippen molar-refractivity contribution in [2.75, 3.05) is 7.05 Å². The summed E-state index contributed by atoms with van der Waals surface area (Å²) in [6, 6.07) is 12.5. The van der Waals surface area contributed by atoms with Crippen LogP contribution in [0.15, 0.2) is 46.9 Å². The van der Waals surface area contributed by atoms with E-state index in [1.165, 1.54) is 0 Å². The minimum absolute atomic E-state index is 0.0652. The van der Waals surface area contributed by atoms with Gasteiger partial charge in [-0.2, -0.15) is 0 Å². The number of carbonyl (C=O) groups is 1. The maximum Gasteiger partial charge on any atom is 0.254 e. The van der Waals surface area contributed by atoms with Crippen LogP contribution in [-0.2, 0) is 0 Å². The number of rotatable bonds is 3. The fourth-order valence-electron chi connectivity index (χ4n) is 2.24. The fraction of sp³-hybridized carbons (Fsp3) is 0.235. The van der Waals surface area contributed by atoms with Gasteiger partial charge in [0.25, 0.3) is 5.91 Å². The van der Waals surface area contributed by atoms with E-state index in [0.717, 1.165) is 15.6 Å². The number of nitrogens with zero attached hydrogens (tertiary/aromatic N) is 1. The van der Waals surface area contributed by atoms with Crippen molar-refractivity contribution in [3.8, 4) is 5.75 Å². The molecule has 1 atom stereocenters. The number of amides is 1. The van der Waals surface area contributed by atoms with Crippen molar-refractivity contribution in [3.05, 3.63) is 63.6 Å². The molecule has 4 heteroatoms. The molecule has 0 fully saturated rings. The minimum Gasteiger partial charge on any atom is -0.508 e. The molecule has 0 spiro atoms. The van der Waals surface area contributed by atoms with E-state index in [-0.39, 0.29) is 17.7 Å². The number of para-hydroxylation sites is 1. The zero-order valence-corrected chi connectivity index (χ0v) is 13.9. The number of carbonyl (C=O) groups excluding carboxylic acids is 1. The summed E-state index contributed by atoms with van der Waals surface area (Å²) >= 11 is 3.40. The van der Waals surface area contributed by atoms with Crippen LogP contribution in [0.5, 0.6) is 5.75 Å². The number of aryl methyl sites for hydroxylation is 1. The van der Waals surface area contributed by atoms with E-state index in [1.54, 1.807) is 24.1 Å². The Bertz CT molecular complexity index is 670. The molecule has 0 saturated carbocycles. The van der Waals surface area contributed by atoms with Crippen molar-refractivity contribution >= 4 is 21.8 Å². The van der Waals surface area contributed by atoms with Crippen LogP contribution in [-0.4, -0.2) is 23.0 Å². The Balaban J connectivity index is 2.31.